The Hall–Kier alpha value is -1.35. The molecule has 0 aliphatic rings. The third-order valence-corrected chi connectivity index (χ3v) is 2.58. The second kappa shape index (κ2) is 4.03. The number of fused-ring (bicyclic) bond motifs is 1. The Morgan fingerprint density at radius 2 is 2.27 bits per heavy atom. The third-order valence-electron chi connectivity index (χ3n) is 2.58. The third kappa shape index (κ3) is 2.02. The lowest BCUT2D eigenvalue weighted by molar-refractivity contribution is 0.573. The maximum atomic E-state index is 4.55. The zero-order valence-corrected chi connectivity index (χ0v) is 9.46. The molecule has 0 bridgehead atoms. The van der Waals surface area contributed by atoms with E-state index >= 15 is 0 Å². The first-order valence-corrected chi connectivity index (χ1v) is 5.40. The van der Waals surface area contributed by atoms with Crippen LogP contribution in [0.4, 0.5) is 0 Å². The van der Waals surface area contributed by atoms with Gasteiger partial charge in [-0.3, -0.25) is 0 Å². The van der Waals surface area contributed by atoms with Crippen molar-refractivity contribution in [1.29, 1.82) is 0 Å². The Morgan fingerprint density at radius 3 is 3.00 bits per heavy atom. The van der Waals surface area contributed by atoms with Crippen molar-refractivity contribution in [3.8, 4) is 0 Å². The summed E-state index contributed by atoms with van der Waals surface area (Å²) in [5.41, 5.74) is 3.42. The Labute approximate surface area is 89.9 Å². The smallest absolute Gasteiger partial charge is 0.124 e. The van der Waals surface area contributed by atoms with E-state index in [0.717, 1.165) is 23.4 Å². The van der Waals surface area contributed by atoms with E-state index in [1.165, 1.54) is 5.56 Å². The van der Waals surface area contributed by atoms with Crippen molar-refractivity contribution in [3.05, 3.63) is 29.6 Å². The lowest BCUT2D eigenvalue weighted by Crippen LogP contribution is -2.18. The molecule has 2 rings (SSSR count). The predicted octanol–water partition coefficient (Wildman–Crippen LogP) is 2.54. The SMILES string of the molecule is CCNC(C)c1nc2ccc(C)cc2[nH]1. The number of rotatable bonds is 3. The molecule has 3 heteroatoms. The average molecular weight is 203 g/mol. The van der Waals surface area contributed by atoms with Crippen LogP contribution in [0.15, 0.2) is 18.2 Å². The van der Waals surface area contributed by atoms with Crippen molar-refractivity contribution in [2.75, 3.05) is 6.54 Å². The molecule has 2 N–H and O–H groups in total. The van der Waals surface area contributed by atoms with Gasteiger partial charge >= 0.3 is 0 Å². The van der Waals surface area contributed by atoms with E-state index in [2.05, 4.69) is 54.3 Å². The fourth-order valence-corrected chi connectivity index (χ4v) is 1.75. The van der Waals surface area contributed by atoms with Gasteiger partial charge in [0.25, 0.3) is 0 Å². The molecule has 15 heavy (non-hydrogen) atoms. The van der Waals surface area contributed by atoms with E-state index in [9.17, 15) is 0 Å². The van der Waals surface area contributed by atoms with Crippen molar-refractivity contribution in [2.24, 2.45) is 0 Å². The number of H-pyrrole nitrogens is 1. The van der Waals surface area contributed by atoms with Gasteiger partial charge in [0.1, 0.15) is 5.82 Å². The topological polar surface area (TPSA) is 40.7 Å². The van der Waals surface area contributed by atoms with E-state index in [1.807, 2.05) is 0 Å². The highest BCUT2D eigenvalue weighted by atomic mass is 15.0. The molecule has 0 saturated carbocycles. The Balaban J connectivity index is 2.38. The number of aromatic nitrogens is 2. The normalized spacial score (nSPS) is 13.3. The van der Waals surface area contributed by atoms with Gasteiger partial charge in [0, 0.05) is 0 Å². The van der Waals surface area contributed by atoms with Crippen LogP contribution in [0.3, 0.4) is 0 Å². The zero-order chi connectivity index (χ0) is 10.8. The summed E-state index contributed by atoms with van der Waals surface area (Å²) in [6.07, 6.45) is 0. The first-order chi connectivity index (χ1) is 7.20. The van der Waals surface area contributed by atoms with Gasteiger partial charge in [-0.25, -0.2) is 4.98 Å². The summed E-state index contributed by atoms with van der Waals surface area (Å²) in [5.74, 6) is 1.01. The summed E-state index contributed by atoms with van der Waals surface area (Å²) in [6, 6.07) is 6.56. The van der Waals surface area contributed by atoms with Crippen molar-refractivity contribution < 1.29 is 0 Å². The van der Waals surface area contributed by atoms with Gasteiger partial charge in [0.05, 0.1) is 17.1 Å². The largest absolute Gasteiger partial charge is 0.341 e. The van der Waals surface area contributed by atoms with Crippen molar-refractivity contribution in [1.82, 2.24) is 15.3 Å². The summed E-state index contributed by atoms with van der Waals surface area (Å²) < 4.78 is 0. The lowest BCUT2D eigenvalue weighted by Gasteiger charge is -2.07. The Kier molecular flexibility index (Phi) is 2.73. The Bertz CT molecular complexity index is 459. The van der Waals surface area contributed by atoms with Crippen molar-refractivity contribution in [3.63, 3.8) is 0 Å². The molecular formula is C12H17N3. The van der Waals surface area contributed by atoms with Crippen molar-refractivity contribution >= 4 is 11.0 Å². The number of nitrogens with one attached hydrogen (secondary N) is 2. The molecule has 1 atom stereocenters. The summed E-state index contributed by atoms with van der Waals surface area (Å²) in [4.78, 5) is 7.90. The van der Waals surface area contributed by atoms with Gasteiger partial charge in [-0.1, -0.05) is 13.0 Å². The minimum Gasteiger partial charge on any atom is -0.341 e. The molecule has 1 aromatic heterocycles. The van der Waals surface area contributed by atoms with Crippen LogP contribution in [0, 0.1) is 6.92 Å². The number of hydrogen-bond acceptors (Lipinski definition) is 2. The van der Waals surface area contributed by atoms with Gasteiger partial charge in [0.2, 0.25) is 0 Å². The van der Waals surface area contributed by atoms with E-state index in [4.69, 9.17) is 0 Å². The molecule has 0 aliphatic carbocycles. The molecule has 0 amide bonds. The molecule has 80 valence electrons. The number of imidazole rings is 1. The first kappa shape index (κ1) is 10.2. The van der Waals surface area contributed by atoms with Crippen LogP contribution < -0.4 is 5.32 Å². The summed E-state index contributed by atoms with van der Waals surface area (Å²) in [6.45, 7) is 7.27. The van der Waals surface area contributed by atoms with Gasteiger partial charge in [0.15, 0.2) is 0 Å². The van der Waals surface area contributed by atoms with Crippen molar-refractivity contribution in [2.45, 2.75) is 26.8 Å². The molecule has 0 spiro atoms. The van der Waals surface area contributed by atoms with Gasteiger partial charge in [-0.2, -0.15) is 0 Å². The van der Waals surface area contributed by atoms with Crippen LogP contribution in [0.2, 0.25) is 0 Å². The number of benzene rings is 1. The maximum Gasteiger partial charge on any atom is 0.124 e. The number of hydrogen-bond donors (Lipinski definition) is 2. The summed E-state index contributed by atoms with van der Waals surface area (Å²) >= 11 is 0. The molecule has 0 saturated heterocycles. The number of nitrogens with zero attached hydrogens (tertiary/aromatic N) is 1. The second-order valence-corrected chi connectivity index (χ2v) is 3.92. The van der Waals surface area contributed by atoms with Crippen LogP contribution in [0.1, 0.15) is 31.3 Å². The van der Waals surface area contributed by atoms with Gasteiger partial charge < -0.3 is 10.3 Å². The number of aryl methyl sites for hydroxylation is 1. The predicted molar refractivity (Wildman–Crippen MR) is 62.9 cm³/mol. The van der Waals surface area contributed by atoms with Crippen LogP contribution in [0.25, 0.3) is 11.0 Å². The van der Waals surface area contributed by atoms with Gasteiger partial charge in [-0.15, -0.1) is 0 Å². The van der Waals surface area contributed by atoms with Crippen LogP contribution >= 0.6 is 0 Å². The minimum atomic E-state index is 0.280. The fraction of sp³-hybridized carbons (Fsp3) is 0.417. The standard InChI is InChI=1S/C12H17N3/c1-4-13-9(3)12-14-10-6-5-8(2)7-11(10)15-12/h5-7,9,13H,4H2,1-3H3,(H,14,15). The van der Waals surface area contributed by atoms with Crippen LogP contribution in [0.5, 0.6) is 0 Å². The quantitative estimate of drug-likeness (QED) is 0.804. The molecule has 0 aliphatic heterocycles. The maximum absolute atomic E-state index is 4.55. The highest BCUT2D eigenvalue weighted by Gasteiger charge is 2.08. The Morgan fingerprint density at radius 1 is 1.47 bits per heavy atom. The van der Waals surface area contributed by atoms with Gasteiger partial charge in [-0.05, 0) is 38.1 Å². The lowest BCUT2D eigenvalue weighted by atomic mass is 10.2. The highest BCUT2D eigenvalue weighted by Crippen LogP contribution is 2.16. The molecule has 0 radical (unpaired) electrons. The monoisotopic (exact) mass is 203 g/mol. The second-order valence-electron chi connectivity index (χ2n) is 3.92. The molecule has 2 aromatic rings. The van der Waals surface area contributed by atoms with Crippen LogP contribution in [-0.2, 0) is 0 Å². The van der Waals surface area contributed by atoms with E-state index in [0.29, 0.717) is 0 Å². The first-order valence-electron chi connectivity index (χ1n) is 5.40. The molecule has 1 aromatic carbocycles. The molecule has 0 fully saturated rings. The zero-order valence-electron chi connectivity index (χ0n) is 9.46. The molecule has 3 nitrogen and oxygen atoms in total. The molecule has 1 heterocycles. The fourth-order valence-electron chi connectivity index (χ4n) is 1.75. The van der Waals surface area contributed by atoms with E-state index in [1.54, 1.807) is 0 Å². The van der Waals surface area contributed by atoms with E-state index < -0.39 is 0 Å². The van der Waals surface area contributed by atoms with E-state index in [-0.39, 0.29) is 6.04 Å². The molecule has 1 unspecified atom stereocenters. The highest BCUT2D eigenvalue weighted by molar-refractivity contribution is 5.75. The molecular weight excluding hydrogens is 186 g/mol. The number of aromatic amines is 1. The summed E-state index contributed by atoms with van der Waals surface area (Å²) in [5, 5.41) is 3.34. The minimum absolute atomic E-state index is 0.280. The summed E-state index contributed by atoms with van der Waals surface area (Å²) in [7, 11) is 0. The average Bonchev–Trinajstić information content (AvgIpc) is 2.60. The van der Waals surface area contributed by atoms with Crippen LogP contribution in [-0.4, -0.2) is 16.5 Å².